The van der Waals surface area contributed by atoms with Crippen LogP contribution in [-0.4, -0.2) is 38.4 Å². The van der Waals surface area contributed by atoms with E-state index in [1.807, 2.05) is 6.21 Å². The first-order chi connectivity index (χ1) is 5.89. The summed E-state index contributed by atoms with van der Waals surface area (Å²) in [5, 5.41) is 6.77. The SMILES string of the molecule is CC1C=NCCCNCCCN1. The average molecular weight is 169 g/mol. The molecule has 0 saturated carbocycles. The molecule has 0 bridgehead atoms. The van der Waals surface area contributed by atoms with Crippen LogP contribution in [0.3, 0.4) is 0 Å². The molecule has 3 heteroatoms. The van der Waals surface area contributed by atoms with E-state index in [1.165, 1.54) is 6.42 Å². The summed E-state index contributed by atoms with van der Waals surface area (Å²) >= 11 is 0. The first-order valence-electron chi connectivity index (χ1n) is 4.83. The molecule has 0 radical (unpaired) electrons. The van der Waals surface area contributed by atoms with Crippen molar-refractivity contribution >= 4 is 6.21 Å². The normalized spacial score (nSPS) is 27.9. The highest BCUT2D eigenvalue weighted by Gasteiger charge is 1.97. The fourth-order valence-corrected chi connectivity index (χ4v) is 1.25. The molecule has 3 nitrogen and oxygen atoms in total. The van der Waals surface area contributed by atoms with Crippen LogP contribution in [0.4, 0.5) is 0 Å². The topological polar surface area (TPSA) is 36.4 Å². The maximum absolute atomic E-state index is 4.33. The quantitative estimate of drug-likeness (QED) is 0.551. The van der Waals surface area contributed by atoms with Crippen molar-refractivity contribution in [3.8, 4) is 0 Å². The summed E-state index contributed by atoms with van der Waals surface area (Å²) in [5.74, 6) is 0. The third kappa shape index (κ3) is 4.46. The summed E-state index contributed by atoms with van der Waals surface area (Å²) in [6.45, 7) is 6.42. The molecule has 0 aromatic rings. The highest BCUT2D eigenvalue weighted by molar-refractivity contribution is 5.63. The van der Waals surface area contributed by atoms with Crippen LogP contribution >= 0.6 is 0 Å². The Balaban J connectivity index is 2.24. The van der Waals surface area contributed by atoms with E-state index in [9.17, 15) is 0 Å². The zero-order chi connectivity index (χ0) is 8.65. The second kappa shape index (κ2) is 6.14. The molecular weight excluding hydrogens is 150 g/mol. The van der Waals surface area contributed by atoms with Crippen LogP contribution in [-0.2, 0) is 0 Å². The molecule has 1 atom stereocenters. The van der Waals surface area contributed by atoms with E-state index in [2.05, 4.69) is 22.5 Å². The van der Waals surface area contributed by atoms with E-state index in [4.69, 9.17) is 0 Å². The van der Waals surface area contributed by atoms with Gasteiger partial charge in [0.2, 0.25) is 0 Å². The van der Waals surface area contributed by atoms with Crippen molar-refractivity contribution in [2.75, 3.05) is 26.2 Å². The van der Waals surface area contributed by atoms with Gasteiger partial charge in [-0.1, -0.05) is 0 Å². The number of hydrogen-bond donors (Lipinski definition) is 2. The summed E-state index contributed by atoms with van der Waals surface area (Å²) in [6.07, 6.45) is 4.38. The second-order valence-electron chi connectivity index (χ2n) is 3.26. The fraction of sp³-hybridized carbons (Fsp3) is 0.889. The average Bonchev–Trinajstić information content (AvgIpc) is 2.11. The van der Waals surface area contributed by atoms with Gasteiger partial charge in [0.05, 0.1) is 0 Å². The van der Waals surface area contributed by atoms with Crippen LogP contribution in [0, 0.1) is 0 Å². The lowest BCUT2D eigenvalue weighted by molar-refractivity contribution is 0.586. The van der Waals surface area contributed by atoms with Crippen LogP contribution < -0.4 is 10.6 Å². The first kappa shape index (κ1) is 9.68. The van der Waals surface area contributed by atoms with Gasteiger partial charge in [-0.3, -0.25) is 4.99 Å². The smallest absolute Gasteiger partial charge is 0.0398 e. The predicted octanol–water partition coefficient (Wildman–Crippen LogP) is 0.419. The summed E-state index contributed by atoms with van der Waals surface area (Å²) in [4.78, 5) is 4.33. The molecular formula is C9H19N3. The van der Waals surface area contributed by atoms with Crippen molar-refractivity contribution in [3.63, 3.8) is 0 Å². The standard InChI is InChI=1S/C9H19N3/c1-9-8-11-6-2-4-10-5-3-7-12-9/h8-10,12H,2-7H2,1H3. The third-order valence-electron chi connectivity index (χ3n) is 1.97. The predicted molar refractivity (Wildman–Crippen MR) is 52.9 cm³/mol. The Hall–Kier alpha value is -0.410. The summed E-state index contributed by atoms with van der Waals surface area (Å²) in [6, 6.07) is 0.433. The molecule has 0 amide bonds. The van der Waals surface area contributed by atoms with E-state index in [1.54, 1.807) is 0 Å². The molecule has 2 N–H and O–H groups in total. The molecule has 0 saturated heterocycles. The number of aliphatic imine (C=N–C) groups is 1. The molecule has 1 aliphatic heterocycles. The second-order valence-corrected chi connectivity index (χ2v) is 3.26. The maximum Gasteiger partial charge on any atom is 0.0398 e. The summed E-state index contributed by atoms with van der Waals surface area (Å²) < 4.78 is 0. The minimum atomic E-state index is 0.433. The van der Waals surface area contributed by atoms with Gasteiger partial charge < -0.3 is 10.6 Å². The lowest BCUT2D eigenvalue weighted by Gasteiger charge is -2.07. The maximum atomic E-state index is 4.33. The number of hydrogen-bond acceptors (Lipinski definition) is 3. The summed E-state index contributed by atoms with van der Waals surface area (Å²) in [5.41, 5.74) is 0. The van der Waals surface area contributed by atoms with Gasteiger partial charge in [0, 0.05) is 18.8 Å². The Morgan fingerprint density at radius 2 is 2.08 bits per heavy atom. The van der Waals surface area contributed by atoms with Gasteiger partial charge in [-0.15, -0.1) is 0 Å². The van der Waals surface area contributed by atoms with E-state index >= 15 is 0 Å². The Morgan fingerprint density at radius 1 is 1.25 bits per heavy atom. The van der Waals surface area contributed by atoms with Crippen LogP contribution in [0.25, 0.3) is 0 Å². The third-order valence-corrected chi connectivity index (χ3v) is 1.97. The molecule has 70 valence electrons. The van der Waals surface area contributed by atoms with E-state index in [0.29, 0.717) is 6.04 Å². The van der Waals surface area contributed by atoms with Crippen LogP contribution in [0.1, 0.15) is 19.8 Å². The van der Waals surface area contributed by atoms with Crippen molar-refractivity contribution in [2.45, 2.75) is 25.8 Å². The lowest BCUT2D eigenvalue weighted by Crippen LogP contribution is -2.29. The number of nitrogens with one attached hydrogen (secondary N) is 2. The van der Waals surface area contributed by atoms with Crippen LogP contribution in [0.5, 0.6) is 0 Å². The molecule has 1 aliphatic rings. The van der Waals surface area contributed by atoms with E-state index in [0.717, 1.165) is 32.6 Å². The molecule has 0 aromatic heterocycles. The zero-order valence-electron chi connectivity index (χ0n) is 7.84. The fourth-order valence-electron chi connectivity index (χ4n) is 1.25. The van der Waals surface area contributed by atoms with Gasteiger partial charge in [-0.2, -0.15) is 0 Å². The molecule has 0 fully saturated rings. The van der Waals surface area contributed by atoms with Gasteiger partial charge in [-0.25, -0.2) is 0 Å². The molecule has 0 spiro atoms. The molecule has 1 heterocycles. The van der Waals surface area contributed by atoms with Gasteiger partial charge in [0.25, 0.3) is 0 Å². The van der Waals surface area contributed by atoms with Gasteiger partial charge >= 0.3 is 0 Å². The minimum absolute atomic E-state index is 0.433. The number of nitrogens with zero attached hydrogens (tertiary/aromatic N) is 1. The Bertz CT molecular complexity index is 134. The molecule has 1 rings (SSSR count). The molecule has 1 unspecified atom stereocenters. The van der Waals surface area contributed by atoms with Crippen molar-refractivity contribution in [1.82, 2.24) is 10.6 Å². The molecule has 0 aromatic carbocycles. The largest absolute Gasteiger partial charge is 0.317 e. The lowest BCUT2D eigenvalue weighted by atomic mass is 10.3. The van der Waals surface area contributed by atoms with Crippen molar-refractivity contribution < 1.29 is 0 Å². The molecule has 12 heavy (non-hydrogen) atoms. The highest BCUT2D eigenvalue weighted by atomic mass is 14.9. The zero-order valence-corrected chi connectivity index (χ0v) is 7.84. The Morgan fingerprint density at radius 3 is 3.00 bits per heavy atom. The van der Waals surface area contributed by atoms with Crippen molar-refractivity contribution in [1.29, 1.82) is 0 Å². The van der Waals surface area contributed by atoms with E-state index in [-0.39, 0.29) is 0 Å². The van der Waals surface area contributed by atoms with Crippen molar-refractivity contribution in [2.24, 2.45) is 4.99 Å². The van der Waals surface area contributed by atoms with Crippen molar-refractivity contribution in [3.05, 3.63) is 0 Å². The Kier molecular flexibility index (Phi) is 4.95. The van der Waals surface area contributed by atoms with Gasteiger partial charge in [0.1, 0.15) is 0 Å². The monoisotopic (exact) mass is 169 g/mol. The summed E-state index contributed by atoms with van der Waals surface area (Å²) in [7, 11) is 0. The molecule has 0 aliphatic carbocycles. The minimum Gasteiger partial charge on any atom is -0.317 e. The van der Waals surface area contributed by atoms with E-state index < -0.39 is 0 Å². The van der Waals surface area contributed by atoms with Gasteiger partial charge in [-0.05, 0) is 39.4 Å². The number of rotatable bonds is 0. The highest BCUT2D eigenvalue weighted by Crippen LogP contribution is 1.85. The first-order valence-corrected chi connectivity index (χ1v) is 4.83. The van der Waals surface area contributed by atoms with Crippen LogP contribution in [0.15, 0.2) is 4.99 Å². The van der Waals surface area contributed by atoms with Crippen LogP contribution in [0.2, 0.25) is 0 Å². The Labute approximate surface area is 74.6 Å². The van der Waals surface area contributed by atoms with Gasteiger partial charge in [0.15, 0.2) is 0 Å².